The number of benzene rings is 2. The van der Waals surface area contributed by atoms with Gasteiger partial charge in [0.05, 0.1) is 18.2 Å². The summed E-state index contributed by atoms with van der Waals surface area (Å²) in [6.07, 6.45) is -2.36. The molecule has 0 atom stereocenters. The van der Waals surface area contributed by atoms with E-state index in [0.717, 1.165) is 41.4 Å². The summed E-state index contributed by atoms with van der Waals surface area (Å²) in [4.78, 5) is 10.8. The van der Waals surface area contributed by atoms with E-state index in [-0.39, 0.29) is 17.7 Å². The molecule has 0 saturated heterocycles. The van der Waals surface area contributed by atoms with Crippen molar-refractivity contribution in [1.29, 1.82) is 5.26 Å². The highest BCUT2D eigenvalue weighted by Crippen LogP contribution is 2.37. The Labute approximate surface area is 201 Å². The molecule has 0 N–H and O–H groups in total. The fourth-order valence-corrected chi connectivity index (χ4v) is 4.92. The van der Waals surface area contributed by atoms with Crippen LogP contribution in [0, 0.1) is 18.3 Å². The van der Waals surface area contributed by atoms with Gasteiger partial charge in [0, 0.05) is 23.5 Å². The number of halogens is 3. The smallest absolute Gasteiger partial charge is 0.327 e. The lowest BCUT2D eigenvalue weighted by molar-refractivity contribution is -0.136. The molecule has 0 aliphatic carbocycles. The number of anilines is 2. The number of pyridine rings is 1. The van der Waals surface area contributed by atoms with E-state index in [1.54, 1.807) is 11.5 Å². The Hall–Kier alpha value is -3.86. The number of aromatic nitrogens is 3. The van der Waals surface area contributed by atoms with Gasteiger partial charge in [-0.15, -0.1) is 0 Å². The summed E-state index contributed by atoms with van der Waals surface area (Å²) in [6, 6.07) is 17.5. The number of imidazole rings is 1. The van der Waals surface area contributed by atoms with E-state index in [1.807, 2.05) is 42.2 Å². The van der Waals surface area contributed by atoms with Gasteiger partial charge in [-0.2, -0.15) is 18.4 Å². The van der Waals surface area contributed by atoms with Crippen molar-refractivity contribution in [2.75, 3.05) is 11.4 Å². The van der Waals surface area contributed by atoms with Crippen LogP contribution in [0.25, 0.3) is 11.2 Å². The minimum Gasteiger partial charge on any atom is -0.327 e. The van der Waals surface area contributed by atoms with Crippen molar-refractivity contribution in [1.82, 2.24) is 14.5 Å². The van der Waals surface area contributed by atoms with Crippen LogP contribution in [0.5, 0.6) is 0 Å². The Kier molecular flexibility index (Phi) is 5.72. The number of para-hydroxylation sites is 1. The molecule has 0 bridgehead atoms. The molecule has 178 valence electrons. The minimum absolute atomic E-state index is 0.106. The molecule has 0 spiro atoms. The molecular weight excluding hydrogens is 451 g/mol. The summed E-state index contributed by atoms with van der Waals surface area (Å²) in [6.45, 7) is 4.05. The van der Waals surface area contributed by atoms with Gasteiger partial charge in [-0.25, -0.2) is 9.97 Å². The van der Waals surface area contributed by atoms with Gasteiger partial charge in [-0.3, -0.25) is 0 Å². The van der Waals surface area contributed by atoms with Crippen LogP contribution in [-0.4, -0.2) is 21.1 Å². The van der Waals surface area contributed by atoms with Gasteiger partial charge in [-0.05, 0) is 54.7 Å². The van der Waals surface area contributed by atoms with Crippen LogP contribution in [0.4, 0.5) is 24.5 Å². The maximum Gasteiger partial charge on any atom is 0.418 e. The van der Waals surface area contributed by atoms with E-state index in [0.29, 0.717) is 24.5 Å². The van der Waals surface area contributed by atoms with Crippen molar-refractivity contribution in [3.05, 3.63) is 82.3 Å². The predicted molar refractivity (Wildman–Crippen MR) is 129 cm³/mol. The standard InChI is InChI=1S/C27H24F3N5/c1-3-24-33-25-21(27(28,29)30)14-17(2)32-26(25)35(24)16-18-8-11-23-20(15-18)10-9-19-6-4-5-7-22(19)34(23)13-12-31/h4-8,11,14-15H,3,9-10,13,16H2,1-2H3. The maximum absolute atomic E-state index is 13.7. The first kappa shape index (κ1) is 22.9. The Bertz CT molecular complexity index is 1460. The molecule has 5 nitrogen and oxygen atoms in total. The zero-order valence-corrected chi connectivity index (χ0v) is 19.5. The van der Waals surface area contributed by atoms with Crippen LogP contribution in [0.15, 0.2) is 48.5 Å². The Morgan fingerprint density at radius 1 is 1.00 bits per heavy atom. The Morgan fingerprint density at radius 2 is 1.74 bits per heavy atom. The first-order valence-corrected chi connectivity index (χ1v) is 11.6. The summed E-state index contributed by atoms with van der Waals surface area (Å²) >= 11 is 0. The number of nitriles is 1. The van der Waals surface area contributed by atoms with Crippen LogP contribution < -0.4 is 4.90 Å². The van der Waals surface area contributed by atoms with Gasteiger partial charge >= 0.3 is 6.18 Å². The van der Waals surface area contributed by atoms with Crippen molar-refractivity contribution in [3.63, 3.8) is 0 Å². The second-order valence-electron chi connectivity index (χ2n) is 8.78. The minimum atomic E-state index is -4.50. The van der Waals surface area contributed by atoms with Crippen molar-refractivity contribution < 1.29 is 13.2 Å². The largest absolute Gasteiger partial charge is 0.418 e. The SMILES string of the molecule is CCc1nc2c(C(F)(F)F)cc(C)nc2n1Cc1ccc2c(c1)CCc1ccccc1N2CC#N. The first-order valence-electron chi connectivity index (χ1n) is 11.6. The summed E-state index contributed by atoms with van der Waals surface area (Å²) in [5.74, 6) is 0.567. The molecule has 5 rings (SSSR count). The Morgan fingerprint density at radius 3 is 2.49 bits per heavy atom. The van der Waals surface area contributed by atoms with E-state index < -0.39 is 11.7 Å². The molecule has 35 heavy (non-hydrogen) atoms. The third kappa shape index (κ3) is 4.12. The van der Waals surface area contributed by atoms with Crippen molar-refractivity contribution in [2.45, 2.75) is 45.8 Å². The van der Waals surface area contributed by atoms with Gasteiger partial charge in [0.25, 0.3) is 0 Å². The quantitative estimate of drug-likeness (QED) is 0.333. The molecule has 1 aliphatic rings. The molecule has 4 aromatic rings. The number of fused-ring (bicyclic) bond motifs is 3. The number of alkyl halides is 3. The third-order valence-electron chi connectivity index (χ3n) is 6.48. The molecule has 3 heterocycles. The normalized spacial score (nSPS) is 13.3. The molecule has 0 saturated carbocycles. The van der Waals surface area contributed by atoms with Crippen molar-refractivity contribution in [2.24, 2.45) is 0 Å². The summed E-state index contributed by atoms with van der Waals surface area (Å²) in [5, 5.41) is 9.46. The number of rotatable bonds is 4. The number of nitrogens with zero attached hydrogens (tertiary/aromatic N) is 5. The second-order valence-corrected chi connectivity index (χ2v) is 8.78. The molecule has 0 amide bonds. The van der Waals surface area contributed by atoms with Crippen LogP contribution in [0.1, 0.15) is 40.7 Å². The van der Waals surface area contributed by atoms with E-state index in [4.69, 9.17) is 0 Å². The topological polar surface area (TPSA) is 57.7 Å². The molecule has 0 fully saturated rings. The molecule has 1 aliphatic heterocycles. The number of hydrogen-bond acceptors (Lipinski definition) is 4. The monoisotopic (exact) mass is 475 g/mol. The maximum atomic E-state index is 13.7. The van der Waals surface area contributed by atoms with Crippen molar-refractivity contribution >= 4 is 22.5 Å². The molecular formula is C27H24F3N5. The van der Waals surface area contributed by atoms with E-state index >= 15 is 0 Å². The zero-order chi connectivity index (χ0) is 24.7. The van der Waals surface area contributed by atoms with Crippen LogP contribution in [0.3, 0.4) is 0 Å². The average Bonchev–Trinajstić information content (AvgIpc) is 3.09. The van der Waals surface area contributed by atoms with Crippen LogP contribution >= 0.6 is 0 Å². The fraction of sp³-hybridized carbons (Fsp3) is 0.296. The summed E-state index contributed by atoms with van der Waals surface area (Å²) in [5.41, 5.74) is 4.98. The lowest BCUT2D eigenvalue weighted by atomic mass is 10.0. The highest BCUT2D eigenvalue weighted by molar-refractivity contribution is 5.77. The molecule has 2 aromatic carbocycles. The van der Waals surface area contributed by atoms with Crippen LogP contribution in [-0.2, 0) is 32.0 Å². The number of hydrogen-bond donors (Lipinski definition) is 0. The fourth-order valence-electron chi connectivity index (χ4n) is 4.92. The van der Waals surface area contributed by atoms with Gasteiger partial charge in [0.15, 0.2) is 5.65 Å². The summed E-state index contributed by atoms with van der Waals surface area (Å²) in [7, 11) is 0. The number of aryl methyl sites for hydroxylation is 4. The molecule has 0 unspecified atom stereocenters. The van der Waals surface area contributed by atoms with E-state index in [2.05, 4.69) is 28.2 Å². The molecule has 0 radical (unpaired) electrons. The average molecular weight is 476 g/mol. The predicted octanol–water partition coefficient (Wildman–Crippen LogP) is 6.13. The Balaban J connectivity index is 1.58. The van der Waals surface area contributed by atoms with E-state index in [1.165, 1.54) is 5.56 Å². The lowest BCUT2D eigenvalue weighted by Crippen LogP contribution is -2.18. The van der Waals surface area contributed by atoms with Gasteiger partial charge < -0.3 is 9.47 Å². The molecule has 2 aromatic heterocycles. The van der Waals surface area contributed by atoms with Gasteiger partial charge in [-0.1, -0.05) is 37.3 Å². The lowest BCUT2D eigenvalue weighted by Gasteiger charge is -2.24. The molecule has 8 heteroatoms. The van der Waals surface area contributed by atoms with Crippen LogP contribution in [0.2, 0.25) is 0 Å². The highest BCUT2D eigenvalue weighted by atomic mass is 19.4. The third-order valence-corrected chi connectivity index (χ3v) is 6.48. The second kappa shape index (κ2) is 8.73. The van der Waals surface area contributed by atoms with E-state index in [9.17, 15) is 18.4 Å². The first-order chi connectivity index (χ1) is 16.8. The van der Waals surface area contributed by atoms with Gasteiger partial charge in [0.2, 0.25) is 0 Å². The zero-order valence-electron chi connectivity index (χ0n) is 19.5. The van der Waals surface area contributed by atoms with Crippen molar-refractivity contribution in [3.8, 4) is 6.07 Å². The summed E-state index contributed by atoms with van der Waals surface area (Å²) < 4.78 is 42.9. The van der Waals surface area contributed by atoms with Gasteiger partial charge in [0.1, 0.15) is 17.9 Å². The highest BCUT2D eigenvalue weighted by Gasteiger charge is 2.35.